The van der Waals surface area contributed by atoms with E-state index in [1.807, 2.05) is 13.8 Å². The van der Waals surface area contributed by atoms with Crippen molar-refractivity contribution in [3.8, 4) is 0 Å². The molecule has 0 bridgehead atoms. The molecule has 1 heteroatoms. The van der Waals surface area contributed by atoms with Gasteiger partial charge in [0.05, 0.1) is 6.10 Å². The molecule has 1 saturated carbocycles. The third-order valence-corrected chi connectivity index (χ3v) is 1.99. The molecule has 1 atom stereocenters. The van der Waals surface area contributed by atoms with Crippen LogP contribution in [0.15, 0.2) is 16.9 Å². The second-order valence-electron chi connectivity index (χ2n) is 3.41. The Balaban J connectivity index is 2.77. The van der Waals surface area contributed by atoms with Crippen LogP contribution in [-0.2, 0) is 0 Å². The summed E-state index contributed by atoms with van der Waals surface area (Å²) in [5.74, 6) is 0. The van der Waals surface area contributed by atoms with Gasteiger partial charge in [-0.2, -0.15) is 0 Å². The molecule has 0 unspecified atom stereocenters. The minimum Gasteiger partial charge on any atom is -0.388 e. The van der Waals surface area contributed by atoms with Gasteiger partial charge >= 0.3 is 0 Å². The van der Waals surface area contributed by atoms with Crippen molar-refractivity contribution >= 4 is 0 Å². The molecule has 0 spiro atoms. The van der Waals surface area contributed by atoms with Gasteiger partial charge in [-0.15, -0.1) is 5.73 Å². The molecule has 1 aliphatic carbocycles. The second kappa shape index (κ2) is 3.75. The first-order chi connectivity index (χ1) is 5.20. The highest BCUT2D eigenvalue weighted by atomic mass is 16.3. The van der Waals surface area contributed by atoms with Gasteiger partial charge in [-0.25, -0.2) is 0 Å². The lowest BCUT2D eigenvalue weighted by atomic mass is 9.92. The van der Waals surface area contributed by atoms with Crippen LogP contribution in [-0.4, -0.2) is 11.2 Å². The zero-order valence-corrected chi connectivity index (χ0v) is 7.35. The van der Waals surface area contributed by atoms with E-state index in [0.29, 0.717) is 0 Å². The molecule has 1 rings (SSSR count). The van der Waals surface area contributed by atoms with Crippen molar-refractivity contribution in [2.24, 2.45) is 0 Å². The Kier molecular flexibility index (Phi) is 2.92. The predicted octanol–water partition coefficient (Wildman–Crippen LogP) is 2.41. The number of hydrogen-bond acceptors (Lipinski definition) is 1. The van der Waals surface area contributed by atoms with Crippen molar-refractivity contribution in [2.45, 2.75) is 45.6 Å². The molecule has 0 aromatic heterocycles. The number of aliphatic hydroxyl groups is 1. The summed E-state index contributed by atoms with van der Waals surface area (Å²) in [5, 5.41) is 9.50. The fourth-order valence-corrected chi connectivity index (χ4v) is 1.46. The zero-order valence-electron chi connectivity index (χ0n) is 7.35. The Morgan fingerprint density at radius 1 is 1.45 bits per heavy atom. The van der Waals surface area contributed by atoms with Gasteiger partial charge in [-0.05, 0) is 38.7 Å². The van der Waals surface area contributed by atoms with Gasteiger partial charge < -0.3 is 5.11 Å². The molecule has 0 amide bonds. The Morgan fingerprint density at radius 2 is 2.18 bits per heavy atom. The van der Waals surface area contributed by atoms with E-state index in [0.717, 1.165) is 24.8 Å². The quantitative estimate of drug-likeness (QED) is 0.528. The summed E-state index contributed by atoms with van der Waals surface area (Å²) in [6.45, 7) is 4.04. The van der Waals surface area contributed by atoms with E-state index in [1.165, 1.54) is 12.0 Å². The Labute approximate surface area is 68.4 Å². The molecule has 1 N–H and O–H groups in total. The molecule has 1 fully saturated rings. The molecule has 0 heterocycles. The molecule has 0 saturated heterocycles. The fraction of sp³-hybridized carbons (Fsp3) is 0.700. The van der Waals surface area contributed by atoms with Crippen LogP contribution in [0.5, 0.6) is 0 Å². The van der Waals surface area contributed by atoms with Crippen LogP contribution in [0.25, 0.3) is 0 Å². The predicted molar refractivity (Wildman–Crippen MR) is 46.4 cm³/mol. The van der Waals surface area contributed by atoms with E-state index < -0.39 is 0 Å². The van der Waals surface area contributed by atoms with Crippen molar-refractivity contribution in [2.75, 3.05) is 0 Å². The Bertz CT molecular complexity index is 193. The lowest BCUT2D eigenvalue weighted by molar-refractivity contribution is 0.179. The van der Waals surface area contributed by atoms with E-state index in [4.69, 9.17) is 0 Å². The summed E-state index contributed by atoms with van der Waals surface area (Å²) in [6, 6.07) is 0. The highest BCUT2D eigenvalue weighted by Gasteiger charge is 2.14. The van der Waals surface area contributed by atoms with Crippen LogP contribution in [0, 0.1) is 0 Å². The summed E-state index contributed by atoms with van der Waals surface area (Å²) in [7, 11) is 0. The standard InChI is InChI=1S/C10H16O/c1-8(2)7-9-5-3-4-6-10(9)11/h10-11H,3-6H2,1-2H3/t10-/m0/s1. The molecule has 1 aliphatic rings. The lowest BCUT2D eigenvalue weighted by Gasteiger charge is -2.18. The largest absolute Gasteiger partial charge is 0.388 e. The summed E-state index contributed by atoms with van der Waals surface area (Å²) in [6.07, 6.45) is 4.13. The smallest absolute Gasteiger partial charge is 0.0823 e. The molecule has 11 heavy (non-hydrogen) atoms. The highest BCUT2D eigenvalue weighted by Crippen LogP contribution is 2.22. The van der Waals surface area contributed by atoms with E-state index in [1.54, 1.807) is 0 Å². The van der Waals surface area contributed by atoms with Gasteiger partial charge in [-0.3, -0.25) is 0 Å². The normalized spacial score (nSPS) is 24.6. The van der Waals surface area contributed by atoms with Gasteiger partial charge in [0.25, 0.3) is 0 Å². The molecule has 0 aromatic carbocycles. The first kappa shape index (κ1) is 8.58. The van der Waals surface area contributed by atoms with E-state index in [9.17, 15) is 5.11 Å². The van der Waals surface area contributed by atoms with Crippen LogP contribution >= 0.6 is 0 Å². The maximum atomic E-state index is 9.50. The number of aliphatic hydroxyl groups excluding tert-OH is 1. The molecule has 0 aliphatic heterocycles. The zero-order chi connectivity index (χ0) is 8.27. The molecule has 1 nitrogen and oxygen atoms in total. The summed E-state index contributed by atoms with van der Waals surface area (Å²) >= 11 is 0. The van der Waals surface area contributed by atoms with Crippen LogP contribution in [0.3, 0.4) is 0 Å². The van der Waals surface area contributed by atoms with Crippen molar-refractivity contribution in [3.63, 3.8) is 0 Å². The Hall–Kier alpha value is -0.520. The van der Waals surface area contributed by atoms with Crippen LogP contribution in [0.4, 0.5) is 0 Å². The summed E-state index contributed by atoms with van der Waals surface area (Å²) < 4.78 is 0. The van der Waals surface area contributed by atoms with Crippen LogP contribution in [0.1, 0.15) is 39.5 Å². The van der Waals surface area contributed by atoms with Gasteiger partial charge in [0.2, 0.25) is 0 Å². The SMILES string of the molecule is CC(C)=C=C1CCCC[C@@H]1O. The van der Waals surface area contributed by atoms with E-state index >= 15 is 0 Å². The average Bonchev–Trinajstić information content (AvgIpc) is 1.93. The topological polar surface area (TPSA) is 20.2 Å². The molecule has 0 radical (unpaired) electrons. The van der Waals surface area contributed by atoms with Gasteiger partial charge in [0.1, 0.15) is 0 Å². The maximum Gasteiger partial charge on any atom is 0.0823 e. The third-order valence-electron chi connectivity index (χ3n) is 1.99. The summed E-state index contributed by atoms with van der Waals surface area (Å²) in [4.78, 5) is 0. The van der Waals surface area contributed by atoms with Crippen LogP contribution in [0.2, 0.25) is 0 Å². The minimum atomic E-state index is -0.210. The summed E-state index contributed by atoms with van der Waals surface area (Å²) in [5.41, 5.74) is 5.49. The maximum absolute atomic E-state index is 9.50. The Morgan fingerprint density at radius 3 is 2.73 bits per heavy atom. The fourth-order valence-electron chi connectivity index (χ4n) is 1.46. The molecular formula is C10H16O. The van der Waals surface area contributed by atoms with E-state index in [-0.39, 0.29) is 6.10 Å². The molecule has 0 aromatic rings. The lowest BCUT2D eigenvalue weighted by Crippen LogP contribution is -2.14. The van der Waals surface area contributed by atoms with Crippen molar-refractivity contribution in [3.05, 3.63) is 16.9 Å². The highest BCUT2D eigenvalue weighted by molar-refractivity contribution is 5.12. The molecule has 62 valence electrons. The van der Waals surface area contributed by atoms with Crippen molar-refractivity contribution in [1.82, 2.24) is 0 Å². The second-order valence-corrected chi connectivity index (χ2v) is 3.41. The number of rotatable bonds is 0. The first-order valence-electron chi connectivity index (χ1n) is 4.31. The van der Waals surface area contributed by atoms with Gasteiger partial charge in [-0.1, -0.05) is 6.42 Å². The first-order valence-corrected chi connectivity index (χ1v) is 4.31. The van der Waals surface area contributed by atoms with Gasteiger partial charge in [0, 0.05) is 5.57 Å². The van der Waals surface area contributed by atoms with Crippen LogP contribution < -0.4 is 0 Å². The average molecular weight is 152 g/mol. The van der Waals surface area contributed by atoms with Crippen molar-refractivity contribution in [1.29, 1.82) is 0 Å². The minimum absolute atomic E-state index is 0.210. The monoisotopic (exact) mass is 152 g/mol. The van der Waals surface area contributed by atoms with Gasteiger partial charge in [0.15, 0.2) is 0 Å². The van der Waals surface area contributed by atoms with Crippen molar-refractivity contribution < 1.29 is 5.11 Å². The number of hydrogen-bond donors (Lipinski definition) is 1. The van der Waals surface area contributed by atoms with E-state index in [2.05, 4.69) is 5.73 Å². The third kappa shape index (κ3) is 2.53. The molecular weight excluding hydrogens is 136 g/mol.